The number of esters is 1. The van der Waals surface area contributed by atoms with Gasteiger partial charge < -0.3 is 24.0 Å². The Hall–Kier alpha value is -2.84. The van der Waals surface area contributed by atoms with Crippen molar-refractivity contribution in [1.29, 1.82) is 0 Å². The van der Waals surface area contributed by atoms with Gasteiger partial charge in [0.15, 0.2) is 0 Å². The van der Waals surface area contributed by atoms with E-state index in [2.05, 4.69) is 0 Å². The Balaban J connectivity index is 2.25. The molecule has 1 N–H and O–H groups in total. The molecule has 0 bridgehead atoms. The van der Waals surface area contributed by atoms with Gasteiger partial charge in [-0.2, -0.15) is 0 Å². The van der Waals surface area contributed by atoms with Crippen LogP contribution in [0.4, 0.5) is 4.79 Å². The van der Waals surface area contributed by atoms with Crippen molar-refractivity contribution in [2.45, 2.75) is 71.6 Å². The third-order valence-electron chi connectivity index (χ3n) is 4.44. The van der Waals surface area contributed by atoms with Crippen molar-refractivity contribution in [2.75, 3.05) is 13.1 Å². The number of nitrogens with zero attached hydrogens (tertiary/aromatic N) is 2. The number of aromatic nitrogens is 1. The molecule has 1 aromatic rings. The first-order valence-corrected chi connectivity index (χ1v) is 9.89. The summed E-state index contributed by atoms with van der Waals surface area (Å²) in [6, 6.07) is 0.669. The molecule has 166 valence electrons. The van der Waals surface area contributed by atoms with Gasteiger partial charge >= 0.3 is 18.0 Å². The van der Waals surface area contributed by atoms with Crippen molar-refractivity contribution < 1.29 is 29.0 Å². The van der Waals surface area contributed by atoms with Crippen molar-refractivity contribution in [3.05, 3.63) is 33.7 Å². The number of piperidine rings is 1. The average Bonchev–Trinajstić information content (AvgIpc) is 2.58. The van der Waals surface area contributed by atoms with Crippen molar-refractivity contribution in [2.24, 2.45) is 0 Å². The van der Waals surface area contributed by atoms with Crippen LogP contribution in [0.15, 0.2) is 17.1 Å². The number of pyridine rings is 1. The highest BCUT2D eigenvalue weighted by molar-refractivity contribution is 6.02. The maximum absolute atomic E-state index is 12.5. The largest absolute Gasteiger partial charge is 0.478 e. The molecule has 0 unspecified atom stereocenters. The Morgan fingerprint density at radius 3 is 1.97 bits per heavy atom. The number of hydrogen-bond acceptors (Lipinski definition) is 6. The Bertz CT molecular complexity index is 882. The molecule has 0 aliphatic carbocycles. The van der Waals surface area contributed by atoms with E-state index >= 15 is 0 Å². The Labute approximate surface area is 175 Å². The van der Waals surface area contributed by atoms with E-state index in [1.807, 2.05) is 0 Å². The first-order valence-electron chi connectivity index (χ1n) is 9.89. The SMILES string of the molecule is CC(C)(C)OC(=O)c1cn(C2CCN(C(=O)OC(C)(C)C)CC2)c(=O)cc1C(=O)O. The van der Waals surface area contributed by atoms with E-state index in [1.54, 1.807) is 46.4 Å². The second-order valence-corrected chi connectivity index (χ2v) is 9.35. The zero-order valence-corrected chi connectivity index (χ0v) is 18.4. The first-order chi connectivity index (χ1) is 13.7. The molecule has 9 nitrogen and oxygen atoms in total. The molecular weight excluding hydrogens is 392 g/mol. The van der Waals surface area contributed by atoms with Gasteiger partial charge in [-0.1, -0.05) is 0 Å². The van der Waals surface area contributed by atoms with E-state index in [-0.39, 0.29) is 11.6 Å². The highest BCUT2D eigenvalue weighted by atomic mass is 16.6. The summed E-state index contributed by atoms with van der Waals surface area (Å²) in [7, 11) is 0. The number of carboxylic acid groups (broad SMARTS) is 1. The van der Waals surface area contributed by atoms with Gasteiger partial charge in [0.05, 0.1) is 11.1 Å². The minimum Gasteiger partial charge on any atom is -0.478 e. The second kappa shape index (κ2) is 8.49. The fraction of sp³-hybridized carbons (Fsp3) is 0.619. The second-order valence-electron chi connectivity index (χ2n) is 9.35. The van der Waals surface area contributed by atoms with Gasteiger partial charge in [0.2, 0.25) is 0 Å². The third kappa shape index (κ3) is 6.08. The summed E-state index contributed by atoms with van der Waals surface area (Å²) < 4.78 is 12.0. The molecule has 1 fully saturated rings. The molecule has 1 saturated heterocycles. The number of amides is 1. The maximum atomic E-state index is 12.5. The van der Waals surface area contributed by atoms with Crippen LogP contribution in [0.1, 0.15) is 81.1 Å². The van der Waals surface area contributed by atoms with Gasteiger partial charge in [0.1, 0.15) is 11.2 Å². The lowest BCUT2D eigenvalue weighted by Crippen LogP contribution is -2.43. The molecule has 0 atom stereocenters. The molecule has 1 aliphatic heterocycles. The lowest BCUT2D eigenvalue weighted by molar-refractivity contribution is 0.00644. The minimum absolute atomic E-state index is 0.174. The monoisotopic (exact) mass is 422 g/mol. The highest BCUT2D eigenvalue weighted by Gasteiger charge is 2.30. The van der Waals surface area contributed by atoms with Crippen molar-refractivity contribution in [3.8, 4) is 0 Å². The Kier molecular flexibility index (Phi) is 6.63. The van der Waals surface area contributed by atoms with Crippen molar-refractivity contribution >= 4 is 18.0 Å². The maximum Gasteiger partial charge on any atom is 0.410 e. The predicted octanol–water partition coefficient (Wildman–Crippen LogP) is 3.07. The van der Waals surface area contributed by atoms with Crippen LogP contribution < -0.4 is 5.56 Å². The van der Waals surface area contributed by atoms with E-state index in [0.717, 1.165) is 6.07 Å². The molecule has 0 aromatic carbocycles. The summed E-state index contributed by atoms with van der Waals surface area (Å²) in [5.74, 6) is -2.18. The molecule has 1 aromatic heterocycles. The summed E-state index contributed by atoms with van der Waals surface area (Å²) in [4.78, 5) is 50.4. The normalized spacial score (nSPS) is 15.6. The molecule has 0 spiro atoms. The van der Waals surface area contributed by atoms with Gasteiger partial charge in [0, 0.05) is 31.4 Å². The van der Waals surface area contributed by atoms with E-state index in [1.165, 1.54) is 10.8 Å². The van der Waals surface area contributed by atoms with Gasteiger partial charge in [-0.15, -0.1) is 0 Å². The number of hydrogen-bond donors (Lipinski definition) is 1. The predicted molar refractivity (Wildman–Crippen MR) is 109 cm³/mol. The quantitative estimate of drug-likeness (QED) is 0.744. The van der Waals surface area contributed by atoms with Crippen LogP contribution in [0.25, 0.3) is 0 Å². The van der Waals surface area contributed by atoms with Gasteiger partial charge in [-0.25, -0.2) is 14.4 Å². The molecule has 0 saturated carbocycles. The Morgan fingerprint density at radius 2 is 1.50 bits per heavy atom. The van der Waals surface area contributed by atoms with Crippen LogP contribution in [-0.4, -0.2) is 56.9 Å². The highest BCUT2D eigenvalue weighted by Crippen LogP contribution is 2.24. The number of rotatable bonds is 3. The minimum atomic E-state index is -1.38. The summed E-state index contributed by atoms with van der Waals surface area (Å²) >= 11 is 0. The Morgan fingerprint density at radius 1 is 0.967 bits per heavy atom. The molecule has 1 amide bonds. The third-order valence-corrected chi connectivity index (χ3v) is 4.44. The fourth-order valence-electron chi connectivity index (χ4n) is 3.16. The lowest BCUT2D eigenvalue weighted by atomic mass is 10.0. The molecular formula is C21H30N2O7. The van der Waals surface area contributed by atoms with E-state index in [4.69, 9.17) is 9.47 Å². The number of ether oxygens (including phenoxy) is 2. The molecule has 9 heteroatoms. The smallest absolute Gasteiger partial charge is 0.410 e. The molecule has 1 aliphatic rings. The molecule has 30 heavy (non-hydrogen) atoms. The number of carbonyl (C=O) groups excluding carboxylic acids is 2. The van der Waals surface area contributed by atoms with Crippen LogP contribution in [0, 0.1) is 0 Å². The number of likely N-dealkylation sites (tertiary alicyclic amines) is 1. The van der Waals surface area contributed by atoms with Gasteiger partial charge in [-0.3, -0.25) is 4.79 Å². The van der Waals surface area contributed by atoms with Gasteiger partial charge in [-0.05, 0) is 54.4 Å². The first kappa shape index (κ1) is 23.4. The van der Waals surface area contributed by atoms with Crippen molar-refractivity contribution in [1.82, 2.24) is 9.47 Å². The van der Waals surface area contributed by atoms with E-state index in [0.29, 0.717) is 25.9 Å². The average molecular weight is 422 g/mol. The van der Waals surface area contributed by atoms with Crippen LogP contribution in [0.2, 0.25) is 0 Å². The summed E-state index contributed by atoms with van der Waals surface area (Å²) in [6.45, 7) is 11.2. The standard InChI is InChI=1S/C21H30N2O7/c1-20(2,3)29-18(27)15-12-23(16(24)11-14(15)17(25)26)13-7-9-22(10-8-13)19(28)30-21(4,5)6/h11-13H,7-10H2,1-6H3,(H,25,26). The summed E-state index contributed by atoms with van der Waals surface area (Å²) in [5.41, 5.74) is -2.49. The topological polar surface area (TPSA) is 115 Å². The van der Waals surface area contributed by atoms with E-state index < -0.39 is 40.4 Å². The van der Waals surface area contributed by atoms with Crippen LogP contribution in [-0.2, 0) is 9.47 Å². The van der Waals surface area contributed by atoms with Crippen LogP contribution in [0.5, 0.6) is 0 Å². The van der Waals surface area contributed by atoms with Crippen LogP contribution in [0.3, 0.4) is 0 Å². The van der Waals surface area contributed by atoms with Crippen molar-refractivity contribution in [3.63, 3.8) is 0 Å². The number of aromatic carboxylic acids is 1. The summed E-state index contributed by atoms with van der Waals surface area (Å²) in [5, 5.41) is 9.41. The number of carboxylic acids is 1. The number of carbonyl (C=O) groups is 3. The van der Waals surface area contributed by atoms with E-state index in [9.17, 15) is 24.3 Å². The fourth-order valence-corrected chi connectivity index (χ4v) is 3.16. The summed E-state index contributed by atoms with van der Waals surface area (Å²) in [6.07, 6.45) is 1.79. The molecule has 0 radical (unpaired) electrons. The van der Waals surface area contributed by atoms with Crippen LogP contribution >= 0.6 is 0 Å². The zero-order chi connectivity index (χ0) is 22.9. The van der Waals surface area contributed by atoms with Gasteiger partial charge in [0.25, 0.3) is 5.56 Å². The zero-order valence-electron chi connectivity index (χ0n) is 18.4. The molecule has 2 rings (SSSR count). The lowest BCUT2D eigenvalue weighted by Gasteiger charge is -2.34. The molecule has 2 heterocycles.